The molecule has 0 aromatic heterocycles. The average Bonchev–Trinajstić information content (AvgIpc) is 3.10. The summed E-state index contributed by atoms with van der Waals surface area (Å²) in [6.07, 6.45) is 3.80. The second kappa shape index (κ2) is 4.85. The molecule has 2 fully saturated rings. The van der Waals surface area contributed by atoms with E-state index in [-0.39, 0.29) is 17.6 Å². The van der Waals surface area contributed by atoms with Gasteiger partial charge in [-0.1, -0.05) is 5.16 Å². The van der Waals surface area contributed by atoms with Gasteiger partial charge in [-0.3, -0.25) is 4.79 Å². The van der Waals surface area contributed by atoms with Crippen LogP contribution in [0.15, 0.2) is 5.16 Å². The van der Waals surface area contributed by atoms with Crippen molar-refractivity contribution in [3.8, 4) is 0 Å². The van der Waals surface area contributed by atoms with E-state index in [0.717, 1.165) is 39.0 Å². The first-order valence-corrected chi connectivity index (χ1v) is 6.63. The molecule has 0 bridgehead atoms. The fraction of sp³-hybridized carbons (Fsp3) is 0.833. The van der Waals surface area contributed by atoms with Gasteiger partial charge in [-0.2, -0.15) is 0 Å². The van der Waals surface area contributed by atoms with E-state index in [0.29, 0.717) is 18.7 Å². The molecular formula is C12H19N3O3. The summed E-state index contributed by atoms with van der Waals surface area (Å²) in [5.41, 5.74) is 0.244. The Hall–Kier alpha value is -1.14. The molecule has 2 unspecified atom stereocenters. The van der Waals surface area contributed by atoms with Gasteiger partial charge >= 0.3 is 0 Å². The van der Waals surface area contributed by atoms with Crippen molar-refractivity contribution in [1.29, 1.82) is 0 Å². The summed E-state index contributed by atoms with van der Waals surface area (Å²) in [6, 6.07) is 0. The highest BCUT2D eigenvalue weighted by Gasteiger charge is 2.43. The molecule has 6 nitrogen and oxygen atoms in total. The minimum atomic E-state index is -0.267. The first kappa shape index (κ1) is 11.9. The molecule has 1 spiro atoms. The minimum Gasteiger partial charge on any atom is -0.387 e. The lowest BCUT2D eigenvalue weighted by Gasteiger charge is -2.18. The predicted octanol–water partition coefficient (Wildman–Crippen LogP) is -0.210. The zero-order valence-electron chi connectivity index (χ0n) is 10.4. The average molecular weight is 253 g/mol. The maximum Gasteiger partial charge on any atom is 0.269 e. The zero-order valence-corrected chi connectivity index (χ0v) is 10.4. The molecule has 2 atom stereocenters. The van der Waals surface area contributed by atoms with Gasteiger partial charge in [-0.05, 0) is 19.4 Å². The first-order valence-electron chi connectivity index (χ1n) is 6.63. The van der Waals surface area contributed by atoms with Crippen LogP contribution >= 0.6 is 0 Å². The standard InChI is InChI=1S/C12H19N3O3/c16-11(14-7-9-2-1-5-17-9)10-6-12(18-15-10)3-4-13-8-12/h9,13H,1-8H2,(H,14,16). The maximum absolute atomic E-state index is 11.9. The van der Waals surface area contributed by atoms with E-state index in [4.69, 9.17) is 9.57 Å². The number of carbonyl (C=O) groups excluding carboxylic acids is 1. The van der Waals surface area contributed by atoms with E-state index in [1.54, 1.807) is 0 Å². The summed E-state index contributed by atoms with van der Waals surface area (Å²) in [7, 11) is 0. The molecule has 100 valence electrons. The van der Waals surface area contributed by atoms with Gasteiger partial charge in [-0.15, -0.1) is 0 Å². The second-order valence-electron chi connectivity index (χ2n) is 5.26. The van der Waals surface area contributed by atoms with E-state index >= 15 is 0 Å². The molecule has 0 radical (unpaired) electrons. The Labute approximate surface area is 106 Å². The Bertz CT molecular complexity index is 358. The number of carbonyl (C=O) groups is 1. The van der Waals surface area contributed by atoms with Crippen molar-refractivity contribution in [2.45, 2.75) is 37.4 Å². The van der Waals surface area contributed by atoms with Gasteiger partial charge in [0, 0.05) is 32.5 Å². The molecule has 0 aliphatic carbocycles. The Morgan fingerprint density at radius 1 is 1.61 bits per heavy atom. The summed E-state index contributed by atoms with van der Waals surface area (Å²) < 4.78 is 5.46. The second-order valence-corrected chi connectivity index (χ2v) is 5.26. The Morgan fingerprint density at radius 2 is 2.56 bits per heavy atom. The maximum atomic E-state index is 11.9. The quantitative estimate of drug-likeness (QED) is 0.730. The highest BCUT2D eigenvalue weighted by atomic mass is 16.7. The first-order chi connectivity index (χ1) is 8.77. The molecule has 0 aromatic carbocycles. The molecule has 2 saturated heterocycles. The van der Waals surface area contributed by atoms with Gasteiger partial charge < -0.3 is 20.2 Å². The van der Waals surface area contributed by atoms with Gasteiger partial charge in [0.15, 0.2) is 5.60 Å². The van der Waals surface area contributed by atoms with Gasteiger partial charge in [0.1, 0.15) is 5.71 Å². The number of ether oxygens (including phenoxy) is 1. The van der Waals surface area contributed by atoms with E-state index in [1.807, 2.05) is 0 Å². The van der Waals surface area contributed by atoms with Crippen molar-refractivity contribution in [3.05, 3.63) is 0 Å². The van der Waals surface area contributed by atoms with E-state index in [1.165, 1.54) is 0 Å². The molecular weight excluding hydrogens is 234 g/mol. The highest BCUT2D eigenvalue weighted by molar-refractivity contribution is 6.39. The number of rotatable bonds is 3. The summed E-state index contributed by atoms with van der Waals surface area (Å²) in [5.74, 6) is -0.116. The third-order valence-electron chi connectivity index (χ3n) is 3.82. The van der Waals surface area contributed by atoms with Crippen LogP contribution in [0.25, 0.3) is 0 Å². The van der Waals surface area contributed by atoms with Gasteiger partial charge in [0.2, 0.25) is 0 Å². The van der Waals surface area contributed by atoms with Crippen molar-refractivity contribution in [1.82, 2.24) is 10.6 Å². The summed E-state index contributed by atoms with van der Waals surface area (Å²) in [6.45, 7) is 3.09. The lowest BCUT2D eigenvalue weighted by atomic mass is 9.96. The van der Waals surface area contributed by atoms with E-state index in [2.05, 4.69) is 15.8 Å². The third-order valence-corrected chi connectivity index (χ3v) is 3.82. The Kier molecular flexibility index (Phi) is 3.22. The van der Waals surface area contributed by atoms with E-state index < -0.39 is 0 Å². The fourth-order valence-corrected chi connectivity index (χ4v) is 2.71. The summed E-state index contributed by atoms with van der Waals surface area (Å²) in [4.78, 5) is 17.4. The molecule has 3 aliphatic heterocycles. The van der Waals surface area contributed by atoms with Crippen LogP contribution in [0.3, 0.4) is 0 Å². The topological polar surface area (TPSA) is 72.0 Å². The van der Waals surface area contributed by atoms with Crippen molar-refractivity contribution in [2.75, 3.05) is 26.2 Å². The van der Waals surface area contributed by atoms with Gasteiger partial charge in [0.05, 0.1) is 6.10 Å². The van der Waals surface area contributed by atoms with Crippen LogP contribution in [0.5, 0.6) is 0 Å². The van der Waals surface area contributed by atoms with Crippen LogP contribution in [0.2, 0.25) is 0 Å². The molecule has 18 heavy (non-hydrogen) atoms. The lowest BCUT2D eigenvalue weighted by Crippen LogP contribution is -2.38. The predicted molar refractivity (Wildman–Crippen MR) is 65.3 cm³/mol. The molecule has 0 saturated carbocycles. The largest absolute Gasteiger partial charge is 0.387 e. The third kappa shape index (κ3) is 2.35. The number of nitrogens with zero attached hydrogens (tertiary/aromatic N) is 1. The van der Waals surface area contributed by atoms with Crippen LogP contribution in [0.1, 0.15) is 25.7 Å². The van der Waals surface area contributed by atoms with Gasteiger partial charge in [-0.25, -0.2) is 0 Å². The van der Waals surface area contributed by atoms with Crippen LogP contribution in [-0.2, 0) is 14.4 Å². The molecule has 2 N–H and O–H groups in total. The van der Waals surface area contributed by atoms with Gasteiger partial charge in [0.25, 0.3) is 5.91 Å². The van der Waals surface area contributed by atoms with Crippen molar-refractivity contribution in [2.24, 2.45) is 5.16 Å². The van der Waals surface area contributed by atoms with Crippen LogP contribution in [-0.4, -0.2) is 49.6 Å². The Balaban J connectivity index is 1.48. The Morgan fingerprint density at radius 3 is 3.28 bits per heavy atom. The molecule has 3 aliphatic rings. The molecule has 1 amide bonds. The molecule has 0 aromatic rings. The fourth-order valence-electron chi connectivity index (χ4n) is 2.71. The number of nitrogens with one attached hydrogen (secondary N) is 2. The smallest absolute Gasteiger partial charge is 0.269 e. The zero-order chi connectivity index (χ0) is 12.4. The number of hydrogen-bond donors (Lipinski definition) is 2. The number of amides is 1. The summed E-state index contributed by atoms with van der Waals surface area (Å²) >= 11 is 0. The molecule has 3 heterocycles. The van der Waals surface area contributed by atoms with Crippen LogP contribution in [0, 0.1) is 0 Å². The normalized spacial score (nSPS) is 34.7. The minimum absolute atomic E-state index is 0.116. The molecule has 6 heteroatoms. The monoisotopic (exact) mass is 253 g/mol. The van der Waals surface area contributed by atoms with Crippen molar-refractivity contribution >= 4 is 11.6 Å². The van der Waals surface area contributed by atoms with Crippen LogP contribution < -0.4 is 10.6 Å². The van der Waals surface area contributed by atoms with Crippen LogP contribution in [0.4, 0.5) is 0 Å². The molecule has 3 rings (SSSR count). The summed E-state index contributed by atoms with van der Waals surface area (Å²) in [5, 5.41) is 10.1. The number of hydrogen-bond acceptors (Lipinski definition) is 5. The SMILES string of the molecule is O=C(NCC1CCCO1)C1=NOC2(CCNC2)C1. The lowest BCUT2D eigenvalue weighted by molar-refractivity contribution is -0.115. The van der Waals surface area contributed by atoms with E-state index in [9.17, 15) is 4.79 Å². The van der Waals surface area contributed by atoms with Crippen molar-refractivity contribution in [3.63, 3.8) is 0 Å². The highest BCUT2D eigenvalue weighted by Crippen LogP contribution is 2.29. The number of oxime groups is 1. The van der Waals surface area contributed by atoms with Crippen molar-refractivity contribution < 1.29 is 14.4 Å².